The summed E-state index contributed by atoms with van der Waals surface area (Å²) >= 11 is 3.35. The third-order valence-electron chi connectivity index (χ3n) is 2.66. The molecule has 0 amide bonds. The fraction of sp³-hybridized carbons (Fsp3) is 0.571. The number of benzene rings is 1. The predicted molar refractivity (Wildman–Crippen MR) is 79.8 cm³/mol. The maximum Gasteiger partial charge on any atom is 0.172 e. The largest absolute Gasteiger partial charge is 0.503 e. The molecular formula is C14H22BrNO3. The Morgan fingerprint density at radius 2 is 2.00 bits per heavy atom. The Labute approximate surface area is 123 Å². The minimum Gasteiger partial charge on any atom is -0.503 e. The number of halogens is 1. The highest BCUT2D eigenvalue weighted by atomic mass is 79.9. The Morgan fingerprint density at radius 3 is 2.63 bits per heavy atom. The summed E-state index contributed by atoms with van der Waals surface area (Å²) < 4.78 is 11.4. The zero-order chi connectivity index (χ0) is 14.3. The molecule has 0 heterocycles. The van der Waals surface area contributed by atoms with E-state index < -0.39 is 0 Å². The van der Waals surface area contributed by atoms with Gasteiger partial charge in [-0.05, 0) is 54.5 Å². The highest BCUT2D eigenvalue weighted by Crippen LogP contribution is 2.35. The number of phenolic OH excluding ortho intramolecular Hbond substituents is 1. The van der Waals surface area contributed by atoms with Crippen molar-refractivity contribution in [3.05, 3.63) is 22.2 Å². The van der Waals surface area contributed by atoms with Crippen molar-refractivity contribution in [2.24, 2.45) is 0 Å². The van der Waals surface area contributed by atoms with Crippen molar-refractivity contribution in [3.8, 4) is 11.5 Å². The fourth-order valence-electron chi connectivity index (χ4n) is 1.74. The molecule has 0 atom stereocenters. The molecule has 1 aromatic carbocycles. The first-order valence-corrected chi connectivity index (χ1v) is 7.28. The van der Waals surface area contributed by atoms with Crippen LogP contribution in [-0.2, 0) is 11.3 Å². The molecule has 1 rings (SSSR count). The van der Waals surface area contributed by atoms with E-state index in [-0.39, 0.29) is 5.75 Å². The van der Waals surface area contributed by atoms with E-state index >= 15 is 0 Å². The first kappa shape index (κ1) is 16.3. The van der Waals surface area contributed by atoms with Gasteiger partial charge in [0.25, 0.3) is 0 Å². The van der Waals surface area contributed by atoms with Gasteiger partial charge in [-0.15, -0.1) is 0 Å². The maximum atomic E-state index is 9.86. The van der Waals surface area contributed by atoms with Crippen LogP contribution in [0.25, 0.3) is 0 Å². The number of hydrogen-bond acceptors (Lipinski definition) is 4. The van der Waals surface area contributed by atoms with Gasteiger partial charge in [-0.25, -0.2) is 0 Å². The number of aromatic hydroxyl groups is 1. The van der Waals surface area contributed by atoms with E-state index in [9.17, 15) is 5.11 Å². The van der Waals surface area contributed by atoms with Gasteiger partial charge in [0.05, 0.1) is 17.7 Å². The lowest BCUT2D eigenvalue weighted by Gasteiger charge is -2.18. The zero-order valence-electron chi connectivity index (χ0n) is 11.8. The standard InChI is InChI=1S/C14H22BrNO3/c1-4-18-7-6-16(3)10-11-8-12(15)14(17)13(9-11)19-5-2/h8-9,17H,4-7,10H2,1-3H3. The summed E-state index contributed by atoms with van der Waals surface area (Å²) in [4.78, 5) is 2.17. The first-order chi connectivity index (χ1) is 9.08. The molecular weight excluding hydrogens is 310 g/mol. The molecule has 0 saturated heterocycles. The summed E-state index contributed by atoms with van der Waals surface area (Å²) in [5.41, 5.74) is 1.09. The van der Waals surface area contributed by atoms with Crippen LogP contribution >= 0.6 is 15.9 Å². The lowest BCUT2D eigenvalue weighted by Crippen LogP contribution is -2.22. The van der Waals surface area contributed by atoms with E-state index in [1.807, 2.05) is 33.0 Å². The van der Waals surface area contributed by atoms with Crippen LogP contribution < -0.4 is 4.74 Å². The summed E-state index contributed by atoms with van der Waals surface area (Å²) in [5.74, 6) is 0.674. The number of hydrogen-bond donors (Lipinski definition) is 1. The molecule has 108 valence electrons. The molecule has 19 heavy (non-hydrogen) atoms. The van der Waals surface area contributed by atoms with Crippen LogP contribution in [-0.4, -0.2) is 43.4 Å². The van der Waals surface area contributed by atoms with Gasteiger partial charge in [-0.3, -0.25) is 4.90 Å². The number of ether oxygens (including phenoxy) is 2. The van der Waals surface area contributed by atoms with Crippen molar-refractivity contribution in [3.63, 3.8) is 0 Å². The van der Waals surface area contributed by atoms with Crippen LogP contribution in [0.3, 0.4) is 0 Å². The highest BCUT2D eigenvalue weighted by molar-refractivity contribution is 9.10. The Bertz CT molecular complexity index is 399. The van der Waals surface area contributed by atoms with Gasteiger partial charge in [-0.1, -0.05) is 0 Å². The van der Waals surface area contributed by atoms with Crippen LogP contribution in [0.5, 0.6) is 11.5 Å². The second kappa shape index (κ2) is 8.40. The quantitative estimate of drug-likeness (QED) is 0.743. The maximum absolute atomic E-state index is 9.86. The monoisotopic (exact) mass is 331 g/mol. The summed E-state index contributed by atoms with van der Waals surface area (Å²) in [6, 6.07) is 3.79. The molecule has 0 radical (unpaired) electrons. The molecule has 1 aromatic rings. The second-order valence-electron chi connectivity index (χ2n) is 4.29. The van der Waals surface area contributed by atoms with Crippen molar-refractivity contribution in [2.75, 3.05) is 33.4 Å². The average molecular weight is 332 g/mol. The van der Waals surface area contributed by atoms with Crippen LogP contribution in [0.4, 0.5) is 0 Å². The van der Waals surface area contributed by atoms with Crippen molar-refractivity contribution in [1.29, 1.82) is 0 Å². The van der Waals surface area contributed by atoms with Crippen molar-refractivity contribution in [1.82, 2.24) is 4.90 Å². The van der Waals surface area contributed by atoms with Gasteiger partial charge in [0.2, 0.25) is 0 Å². The van der Waals surface area contributed by atoms with Crippen LogP contribution in [0.1, 0.15) is 19.4 Å². The van der Waals surface area contributed by atoms with Crippen LogP contribution in [0.2, 0.25) is 0 Å². The third kappa shape index (κ3) is 5.38. The van der Waals surface area contributed by atoms with E-state index in [1.165, 1.54) is 0 Å². The molecule has 0 fully saturated rings. The number of likely N-dealkylation sites (N-methyl/N-ethyl adjacent to an activating group) is 1. The molecule has 0 aliphatic carbocycles. The third-order valence-corrected chi connectivity index (χ3v) is 3.27. The van der Waals surface area contributed by atoms with Gasteiger partial charge in [0.15, 0.2) is 11.5 Å². The molecule has 0 unspecified atom stereocenters. The Balaban J connectivity index is 2.67. The van der Waals surface area contributed by atoms with E-state index in [2.05, 4.69) is 20.8 Å². The molecule has 0 aliphatic heterocycles. The Kier molecular flexibility index (Phi) is 7.20. The topological polar surface area (TPSA) is 41.9 Å². The second-order valence-corrected chi connectivity index (χ2v) is 5.15. The fourth-order valence-corrected chi connectivity index (χ4v) is 2.23. The highest BCUT2D eigenvalue weighted by Gasteiger charge is 2.10. The van der Waals surface area contributed by atoms with Crippen LogP contribution in [0, 0.1) is 0 Å². The first-order valence-electron chi connectivity index (χ1n) is 6.48. The van der Waals surface area contributed by atoms with Gasteiger partial charge in [0, 0.05) is 19.7 Å². The van der Waals surface area contributed by atoms with Crippen molar-refractivity contribution in [2.45, 2.75) is 20.4 Å². The van der Waals surface area contributed by atoms with Gasteiger partial charge in [-0.2, -0.15) is 0 Å². The van der Waals surface area contributed by atoms with E-state index in [0.29, 0.717) is 16.8 Å². The molecule has 0 bridgehead atoms. The predicted octanol–water partition coefficient (Wildman–Crippen LogP) is 3.02. The van der Waals surface area contributed by atoms with Gasteiger partial charge in [0.1, 0.15) is 0 Å². The van der Waals surface area contributed by atoms with Crippen LogP contribution in [0.15, 0.2) is 16.6 Å². The normalized spacial score (nSPS) is 11.0. The van der Waals surface area contributed by atoms with E-state index in [4.69, 9.17) is 9.47 Å². The number of phenols is 1. The van der Waals surface area contributed by atoms with Gasteiger partial charge >= 0.3 is 0 Å². The van der Waals surface area contributed by atoms with Crippen molar-refractivity contribution >= 4 is 15.9 Å². The Morgan fingerprint density at radius 1 is 1.26 bits per heavy atom. The summed E-state index contributed by atoms with van der Waals surface area (Å²) in [6.07, 6.45) is 0. The molecule has 0 aromatic heterocycles. The molecule has 1 N–H and O–H groups in total. The molecule has 4 nitrogen and oxygen atoms in total. The molecule has 5 heteroatoms. The number of rotatable bonds is 8. The summed E-state index contributed by atoms with van der Waals surface area (Å²) in [7, 11) is 2.04. The lowest BCUT2D eigenvalue weighted by molar-refractivity contribution is 0.120. The van der Waals surface area contributed by atoms with Gasteiger partial charge < -0.3 is 14.6 Å². The summed E-state index contributed by atoms with van der Waals surface area (Å²) in [5, 5.41) is 9.86. The minimum atomic E-state index is 0.155. The summed E-state index contributed by atoms with van der Waals surface area (Å²) in [6.45, 7) is 7.54. The Hall–Kier alpha value is -0.780. The van der Waals surface area contributed by atoms with Crippen molar-refractivity contribution < 1.29 is 14.6 Å². The zero-order valence-corrected chi connectivity index (χ0v) is 13.4. The molecule has 0 aliphatic rings. The van der Waals surface area contributed by atoms with E-state index in [1.54, 1.807) is 0 Å². The molecule has 0 saturated carbocycles. The smallest absolute Gasteiger partial charge is 0.172 e. The minimum absolute atomic E-state index is 0.155. The van der Waals surface area contributed by atoms with E-state index in [0.717, 1.165) is 31.9 Å². The SMILES string of the molecule is CCOCCN(C)Cc1cc(Br)c(O)c(OCC)c1. The molecule has 0 spiro atoms. The lowest BCUT2D eigenvalue weighted by atomic mass is 10.2. The number of nitrogens with zero attached hydrogens (tertiary/aromatic N) is 1. The average Bonchev–Trinajstić information content (AvgIpc) is 2.36.